The average molecular weight is 289 g/mol. The van der Waals surface area contributed by atoms with E-state index in [1.807, 2.05) is 4.90 Å². The van der Waals surface area contributed by atoms with E-state index < -0.39 is 12.2 Å². The van der Waals surface area contributed by atoms with Gasteiger partial charge < -0.3 is 15.4 Å². The molecule has 1 aliphatic rings. The van der Waals surface area contributed by atoms with E-state index in [-0.39, 0.29) is 11.8 Å². The van der Waals surface area contributed by atoms with Crippen molar-refractivity contribution in [3.8, 4) is 5.88 Å². The molecule has 1 aromatic rings. The summed E-state index contributed by atoms with van der Waals surface area (Å²) in [5, 5.41) is 0. The van der Waals surface area contributed by atoms with Crippen molar-refractivity contribution >= 4 is 11.6 Å². The zero-order chi connectivity index (χ0) is 14.8. The van der Waals surface area contributed by atoms with Gasteiger partial charge in [-0.15, -0.1) is 13.2 Å². The van der Waals surface area contributed by atoms with Crippen LogP contribution in [0.25, 0.3) is 0 Å². The highest BCUT2D eigenvalue weighted by Gasteiger charge is 2.31. The second-order valence-corrected chi connectivity index (χ2v) is 4.57. The standard InChI is InChI=1S/C12H14F3N3O2/c13-12(14,15)20-10-2-1-9(7-17-10)18-5-3-8(4-6-18)11(16)19/h1-2,7-8H,3-6H2,(H2,16,19). The minimum atomic E-state index is -4.74. The number of nitrogens with two attached hydrogens (primary N) is 1. The third-order valence-corrected chi connectivity index (χ3v) is 3.20. The monoisotopic (exact) mass is 289 g/mol. The zero-order valence-electron chi connectivity index (χ0n) is 10.6. The van der Waals surface area contributed by atoms with Crippen molar-refractivity contribution in [3.05, 3.63) is 18.3 Å². The lowest BCUT2D eigenvalue weighted by Crippen LogP contribution is -2.38. The number of aromatic nitrogens is 1. The Balaban J connectivity index is 1.96. The number of primary amides is 1. The van der Waals surface area contributed by atoms with Crippen molar-refractivity contribution < 1.29 is 22.7 Å². The van der Waals surface area contributed by atoms with Gasteiger partial charge in [0.25, 0.3) is 0 Å². The minimum absolute atomic E-state index is 0.132. The molecule has 0 aliphatic carbocycles. The molecule has 0 aromatic carbocycles. The maximum Gasteiger partial charge on any atom is 0.574 e. The molecule has 1 fully saturated rings. The molecule has 2 rings (SSSR count). The molecular weight excluding hydrogens is 275 g/mol. The van der Waals surface area contributed by atoms with E-state index in [1.54, 1.807) is 0 Å². The fraction of sp³-hybridized carbons (Fsp3) is 0.500. The predicted octanol–water partition coefficient (Wildman–Crippen LogP) is 1.68. The van der Waals surface area contributed by atoms with E-state index in [4.69, 9.17) is 5.73 Å². The molecule has 20 heavy (non-hydrogen) atoms. The van der Waals surface area contributed by atoms with Crippen LogP contribution in [0.3, 0.4) is 0 Å². The molecule has 8 heteroatoms. The number of hydrogen-bond donors (Lipinski definition) is 1. The van der Waals surface area contributed by atoms with Gasteiger partial charge in [-0.25, -0.2) is 4.98 Å². The highest BCUT2D eigenvalue weighted by molar-refractivity contribution is 5.77. The Morgan fingerprint density at radius 3 is 2.45 bits per heavy atom. The van der Waals surface area contributed by atoms with Gasteiger partial charge in [0.15, 0.2) is 0 Å². The number of rotatable bonds is 3. The number of carbonyl (C=O) groups is 1. The van der Waals surface area contributed by atoms with Gasteiger partial charge in [-0.2, -0.15) is 0 Å². The van der Waals surface area contributed by atoms with Gasteiger partial charge in [-0.05, 0) is 18.9 Å². The van der Waals surface area contributed by atoms with Crippen LogP contribution in [0.15, 0.2) is 18.3 Å². The summed E-state index contributed by atoms with van der Waals surface area (Å²) in [6.07, 6.45) is -2.15. The molecule has 0 radical (unpaired) electrons. The summed E-state index contributed by atoms with van der Waals surface area (Å²) in [5.41, 5.74) is 5.93. The first kappa shape index (κ1) is 14.4. The normalized spacial score (nSPS) is 17.1. The van der Waals surface area contributed by atoms with Gasteiger partial charge in [0.1, 0.15) is 0 Å². The fourth-order valence-corrected chi connectivity index (χ4v) is 2.16. The van der Waals surface area contributed by atoms with Crippen molar-refractivity contribution in [1.82, 2.24) is 4.98 Å². The van der Waals surface area contributed by atoms with Crippen LogP contribution in [0.2, 0.25) is 0 Å². The quantitative estimate of drug-likeness (QED) is 0.919. The van der Waals surface area contributed by atoms with Gasteiger partial charge in [-0.3, -0.25) is 4.79 Å². The number of ether oxygens (including phenoxy) is 1. The molecule has 1 amide bonds. The number of carbonyl (C=O) groups excluding carboxylic acids is 1. The highest BCUT2D eigenvalue weighted by Crippen LogP contribution is 2.25. The number of piperidine rings is 1. The van der Waals surface area contributed by atoms with E-state index in [9.17, 15) is 18.0 Å². The number of halogens is 3. The summed E-state index contributed by atoms with van der Waals surface area (Å²) in [6, 6.07) is 2.68. The number of hydrogen-bond acceptors (Lipinski definition) is 4. The summed E-state index contributed by atoms with van der Waals surface area (Å²) in [7, 11) is 0. The fourth-order valence-electron chi connectivity index (χ4n) is 2.16. The Labute approximate surface area is 113 Å². The summed E-state index contributed by atoms with van der Waals surface area (Å²) in [4.78, 5) is 16.6. The predicted molar refractivity (Wildman–Crippen MR) is 65.1 cm³/mol. The van der Waals surface area contributed by atoms with Crippen LogP contribution >= 0.6 is 0 Å². The van der Waals surface area contributed by atoms with E-state index in [0.29, 0.717) is 31.6 Å². The van der Waals surface area contributed by atoms with Crippen LogP contribution in [-0.4, -0.2) is 30.3 Å². The van der Waals surface area contributed by atoms with Crippen LogP contribution in [0.1, 0.15) is 12.8 Å². The lowest BCUT2D eigenvalue weighted by Gasteiger charge is -2.32. The van der Waals surface area contributed by atoms with Crippen LogP contribution in [0.5, 0.6) is 5.88 Å². The molecule has 0 bridgehead atoms. The topological polar surface area (TPSA) is 68.5 Å². The number of amides is 1. The Morgan fingerprint density at radius 1 is 1.35 bits per heavy atom. The summed E-state index contributed by atoms with van der Waals surface area (Å²) in [5.74, 6) is -0.933. The maximum absolute atomic E-state index is 12.0. The van der Waals surface area contributed by atoms with E-state index in [1.165, 1.54) is 18.3 Å². The molecule has 0 atom stereocenters. The molecule has 0 unspecified atom stereocenters. The Bertz CT molecular complexity index is 468. The van der Waals surface area contributed by atoms with Gasteiger partial charge in [0, 0.05) is 25.1 Å². The number of nitrogens with zero attached hydrogens (tertiary/aromatic N) is 2. The largest absolute Gasteiger partial charge is 0.574 e. The molecule has 2 heterocycles. The van der Waals surface area contributed by atoms with Crippen molar-refractivity contribution in [2.45, 2.75) is 19.2 Å². The summed E-state index contributed by atoms with van der Waals surface area (Å²) < 4.78 is 39.7. The van der Waals surface area contributed by atoms with Crippen LogP contribution < -0.4 is 15.4 Å². The first-order valence-corrected chi connectivity index (χ1v) is 6.11. The molecular formula is C12H14F3N3O2. The Kier molecular flexibility index (Phi) is 4.01. The van der Waals surface area contributed by atoms with E-state index in [0.717, 1.165) is 0 Å². The Hall–Kier alpha value is -1.99. The molecule has 0 spiro atoms. The second-order valence-electron chi connectivity index (χ2n) is 4.57. The molecule has 2 N–H and O–H groups in total. The van der Waals surface area contributed by atoms with Crippen LogP contribution in [-0.2, 0) is 4.79 Å². The second kappa shape index (κ2) is 5.56. The van der Waals surface area contributed by atoms with Crippen molar-refractivity contribution in [2.24, 2.45) is 11.7 Å². The minimum Gasteiger partial charge on any atom is -0.388 e. The van der Waals surface area contributed by atoms with Gasteiger partial charge in [-0.1, -0.05) is 0 Å². The van der Waals surface area contributed by atoms with E-state index >= 15 is 0 Å². The van der Waals surface area contributed by atoms with Crippen molar-refractivity contribution in [1.29, 1.82) is 0 Å². The molecule has 1 saturated heterocycles. The lowest BCUT2D eigenvalue weighted by atomic mass is 9.96. The average Bonchev–Trinajstić information content (AvgIpc) is 2.38. The van der Waals surface area contributed by atoms with Crippen LogP contribution in [0, 0.1) is 5.92 Å². The molecule has 110 valence electrons. The Morgan fingerprint density at radius 2 is 2.00 bits per heavy atom. The molecule has 0 saturated carbocycles. The number of alkyl halides is 3. The van der Waals surface area contributed by atoms with Crippen molar-refractivity contribution in [3.63, 3.8) is 0 Å². The van der Waals surface area contributed by atoms with Gasteiger partial charge >= 0.3 is 6.36 Å². The first-order valence-electron chi connectivity index (χ1n) is 6.11. The van der Waals surface area contributed by atoms with Crippen molar-refractivity contribution in [2.75, 3.05) is 18.0 Å². The molecule has 1 aliphatic heterocycles. The maximum atomic E-state index is 12.0. The van der Waals surface area contributed by atoms with Gasteiger partial charge in [0.2, 0.25) is 11.8 Å². The zero-order valence-corrected chi connectivity index (χ0v) is 10.6. The smallest absolute Gasteiger partial charge is 0.388 e. The highest BCUT2D eigenvalue weighted by atomic mass is 19.4. The lowest BCUT2D eigenvalue weighted by molar-refractivity contribution is -0.276. The summed E-state index contributed by atoms with van der Waals surface area (Å²) in [6.45, 7) is 1.24. The third kappa shape index (κ3) is 3.75. The summed E-state index contributed by atoms with van der Waals surface area (Å²) >= 11 is 0. The number of anilines is 1. The van der Waals surface area contributed by atoms with Gasteiger partial charge in [0.05, 0.1) is 11.9 Å². The SMILES string of the molecule is NC(=O)C1CCN(c2ccc(OC(F)(F)F)nc2)CC1. The third-order valence-electron chi connectivity index (χ3n) is 3.20. The number of pyridine rings is 1. The molecule has 1 aromatic heterocycles. The van der Waals surface area contributed by atoms with E-state index in [2.05, 4.69) is 9.72 Å². The molecule has 5 nitrogen and oxygen atoms in total. The van der Waals surface area contributed by atoms with Crippen LogP contribution in [0.4, 0.5) is 18.9 Å². The first-order chi connectivity index (χ1) is 9.35.